The second-order valence-corrected chi connectivity index (χ2v) is 10.2. The molecule has 1 aliphatic rings. The van der Waals surface area contributed by atoms with E-state index in [1.54, 1.807) is 49.6 Å². The van der Waals surface area contributed by atoms with Crippen LogP contribution in [0.15, 0.2) is 72.3 Å². The number of anilines is 1. The van der Waals surface area contributed by atoms with E-state index in [4.69, 9.17) is 9.47 Å². The van der Waals surface area contributed by atoms with Crippen LogP contribution in [0.1, 0.15) is 56.0 Å². The van der Waals surface area contributed by atoms with E-state index in [0.717, 1.165) is 16.7 Å². The standard InChI is InChI=1S/C31H33NO5/c1-7-37-25-17-10-21(18-19(25)2)28(33)26-27(20-8-11-22(12-9-20)31(3,4)5)32(30(35)29(26)34)23-13-15-24(36-6)16-14-23/h8-18,27,33H,7H2,1-6H3/b28-26-. The number of ketones is 1. The maximum Gasteiger partial charge on any atom is 0.300 e. The van der Waals surface area contributed by atoms with Gasteiger partial charge in [0.1, 0.15) is 17.3 Å². The summed E-state index contributed by atoms with van der Waals surface area (Å²) in [5.74, 6) is -0.308. The van der Waals surface area contributed by atoms with Gasteiger partial charge in [-0.05, 0) is 78.4 Å². The van der Waals surface area contributed by atoms with Gasteiger partial charge in [-0.15, -0.1) is 0 Å². The number of nitrogens with zero attached hydrogens (tertiary/aromatic N) is 1. The number of Topliss-reactive ketones (excluding diaryl/α,β-unsaturated/α-hetero) is 1. The fourth-order valence-corrected chi connectivity index (χ4v) is 4.59. The molecule has 0 aromatic heterocycles. The number of methoxy groups -OCH3 is 1. The van der Waals surface area contributed by atoms with E-state index >= 15 is 0 Å². The van der Waals surface area contributed by atoms with Crippen molar-refractivity contribution < 1.29 is 24.2 Å². The van der Waals surface area contributed by atoms with Gasteiger partial charge in [-0.25, -0.2) is 0 Å². The van der Waals surface area contributed by atoms with Crippen molar-refractivity contribution in [2.24, 2.45) is 0 Å². The molecule has 0 aliphatic carbocycles. The van der Waals surface area contributed by atoms with Gasteiger partial charge < -0.3 is 14.6 Å². The minimum absolute atomic E-state index is 0.0490. The SMILES string of the molecule is CCOc1ccc(/C(O)=C2/C(=O)C(=O)N(c3ccc(OC)cc3)C2c2ccc(C(C)(C)C)cc2)cc1C. The molecule has 1 atom stereocenters. The highest BCUT2D eigenvalue weighted by Crippen LogP contribution is 2.43. The first-order valence-electron chi connectivity index (χ1n) is 12.4. The summed E-state index contributed by atoms with van der Waals surface area (Å²) in [6.07, 6.45) is 0. The minimum atomic E-state index is -0.797. The number of hydrogen-bond acceptors (Lipinski definition) is 5. The van der Waals surface area contributed by atoms with Gasteiger partial charge in [0.25, 0.3) is 11.7 Å². The van der Waals surface area contributed by atoms with Crippen molar-refractivity contribution in [1.82, 2.24) is 0 Å². The Kier molecular flexibility index (Phi) is 7.12. The van der Waals surface area contributed by atoms with Gasteiger partial charge in [-0.3, -0.25) is 14.5 Å². The molecule has 1 unspecified atom stereocenters. The third-order valence-electron chi connectivity index (χ3n) is 6.64. The molecule has 1 heterocycles. The first-order valence-corrected chi connectivity index (χ1v) is 12.4. The Morgan fingerprint density at radius 1 is 0.973 bits per heavy atom. The lowest BCUT2D eigenvalue weighted by molar-refractivity contribution is -0.132. The second kappa shape index (κ2) is 10.1. The first-order chi connectivity index (χ1) is 17.6. The van der Waals surface area contributed by atoms with Crippen LogP contribution in [-0.4, -0.2) is 30.5 Å². The maximum absolute atomic E-state index is 13.4. The normalized spacial score (nSPS) is 17.2. The number of hydrogen-bond donors (Lipinski definition) is 1. The molecule has 37 heavy (non-hydrogen) atoms. The molecule has 1 amide bonds. The highest BCUT2D eigenvalue weighted by Gasteiger charge is 2.47. The molecule has 0 bridgehead atoms. The van der Waals surface area contributed by atoms with Crippen molar-refractivity contribution in [1.29, 1.82) is 0 Å². The molecule has 3 aromatic carbocycles. The number of aliphatic hydroxyl groups is 1. The van der Waals surface area contributed by atoms with E-state index in [9.17, 15) is 14.7 Å². The summed E-state index contributed by atoms with van der Waals surface area (Å²) in [4.78, 5) is 28.3. The van der Waals surface area contributed by atoms with E-state index < -0.39 is 17.7 Å². The number of carbonyl (C=O) groups excluding carboxylic acids is 2. The third kappa shape index (κ3) is 4.96. The second-order valence-electron chi connectivity index (χ2n) is 10.2. The van der Waals surface area contributed by atoms with E-state index in [2.05, 4.69) is 20.8 Å². The van der Waals surface area contributed by atoms with Crippen LogP contribution in [0.4, 0.5) is 5.69 Å². The number of aliphatic hydroxyl groups excluding tert-OH is 1. The molecular formula is C31H33NO5. The average molecular weight is 500 g/mol. The van der Waals surface area contributed by atoms with Crippen LogP contribution in [-0.2, 0) is 15.0 Å². The predicted octanol–water partition coefficient (Wildman–Crippen LogP) is 6.33. The van der Waals surface area contributed by atoms with E-state index in [1.165, 1.54) is 4.90 Å². The van der Waals surface area contributed by atoms with Crippen LogP contribution in [0.2, 0.25) is 0 Å². The van der Waals surface area contributed by atoms with Crippen LogP contribution in [0.25, 0.3) is 5.76 Å². The number of rotatable bonds is 6. The van der Waals surface area contributed by atoms with Crippen molar-refractivity contribution in [3.63, 3.8) is 0 Å². The Morgan fingerprint density at radius 2 is 1.62 bits per heavy atom. The molecule has 0 radical (unpaired) electrons. The number of aryl methyl sites for hydroxylation is 1. The molecule has 1 fully saturated rings. The van der Waals surface area contributed by atoms with Gasteiger partial charge in [0, 0.05) is 11.3 Å². The summed E-state index contributed by atoms with van der Waals surface area (Å²) in [5.41, 5.74) is 3.65. The number of carbonyl (C=O) groups is 2. The number of ether oxygens (including phenoxy) is 2. The van der Waals surface area contributed by atoms with Gasteiger partial charge in [0.15, 0.2) is 0 Å². The molecule has 6 heteroatoms. The minimum Gasteiger partial charge on any atom is -0.507 e. The van der Waals surface area contributed by atoms with Crippen molar-refractivity contribution in [2.75, 3.05) is 18.6 Å². The van der Waals surface area contributed by atoms with Gasteiger partial charge in [-0.1, -0.05) is 45.0 Å². The summed E-state index contributed by atoms with van der Waals surface area (Å²) in [6.45, 7) is 10.7. The topological polar surface area (TPSA) is 76.1 Å². The summed E-state index contributed by atoms with van der Waals surface area (Å²) in [6, 6.07) is 19.2. The monoisotopic (exact) mass is 499 g/mol. The van der Waals surface area contributed by atoms with E-state index in [0.29, 0.717) is 29.4 Å². The molecule has 3 aromatic rings. The van der Waals surface area contributed by atoms with Crippen molar-refractivity contribution in [3.8, 4) is 11.5 Å². The molecule has 1 saturated heterocycles. The lowest BCUT2D eigenvalue weighted by atomic mass is 9.85. The Morgan fingerprint density at radius 3 is 2.16 bits per heavy atom. The predicted molar refractivity (Wildman–Crippen MR) is 145 cm³/mol. The zero-order valence-electron chi connectivity index (χ0n) is 22.2. The molecule has 192 valence electrons. The van der Waals surface area contributed by atoms with Gasteiger partial charge in [0.05, 0.1) is 25.3 Å². The Balaban J connectivity index is 1.89. The van der Waals surface area contributed by atoms with Crippen LogP contribution in [0, 0.1) is 6.92 Å². The third-order valence-corrected chi connectivity index (χ3v) is 6.64. The van der Waals surface area contributed by atoms with E-state index in [1.807, 2.05) is 38.1 Å². The average Bonchev–Trinajstić information content (AvgIpc) is 3.14. The number of benzene rings is 3. The Bertz CT molecular complexity index is 1350. The van der Waals surface area contributed by atoms with Crippen molar-refractivity contribution in [3.05, 3.63) is 94.6 Å². The van der Waals surface area contributed by atoms with Crippen molar-refractivity contribution >= 4 is 23.1 Å². The largest absolute Gasteiger partial charge is 0.507 e. The van der Waals surface area contributed by atoms with Crippen molar-refractivity contribution in [2.45, 2.75) is 46.1 Å². The van der Waals surface area contributed by atoms with Crippen LogP contribution in [0.3, 0.4) is 0 Å². The Hall–Kier alpha value is -4.06. The zero-order valence-corrected chi connectivity index (χ0v) is 22.2. The fourth-order valence-electron chi connectivity index (χ4n) is 4.59. The molecule has 1 N–H and O–H groups in total. The van der Waals surface area contributed by atoms with E-state index in [-0.39, 0.29) is 16.7 Å². The maximum atomic E-state index is 13.4. The first kappa shape index (κ1) is 26.0. The molecule has 4 rings (SSSR count). The quantitative estimate of drug-likeness (QED) is 0.244. The zero-order chi connectivity index (χ0) is 26.9. The molecular weight excluding hydrogens is 466 g/mol. The summed E-state index contributed by atoms with van der Waals surface area (Å²) < 4.78 is 10.9. The summed E-state index contributed by atoms with van der Waals surface area (Å²) >= 11 is 0. The lowest BCUT2D eigenvalue weighted by Gasteiger charge is -2.26. The highest BCUT2D eigenvalue weighted by molar-refractivity contribution is 6.51. The van der Waals surface area contributed by atoms with Crippen LogP contribution in [0.5, 0.6) is 11.5 Å². The molecule has 0 spiro atoms. The highest BCUT2D eigenvalue weighted by atomic mass is 16.5. The summed E-state index contributed by atoms with van der Waals surface area (Å²) in [5, 5.41) is 11.4. The molecule has 1 aliphatic heterocycles. The van der Waals surface area contributed by atoms with Crippen LogP contribution >= 0.6 is 0 Å². The Labute approximate surface area is 218 Å². The summed E-state index contributed by atoms with van der Waals surface area (Å²) in [7, 11) is 1.57. The molecule has 6 nitrogen and oxygen atoms in total. The van der Waals surface area contributed by atoms with Gasteiger partial charge >= 0.3 is 0 Å². The smallest absolute Gasteiger partial charge is 0.300 e. The van der Waals surface area contributed by atoms with Gasteiger partial charge in [0.2, 0.25) is 0 Å². The van der Waals surface area contributed by atoms with Gasteiger partial charge in [-0.2, -0.15) is 0 Å². The lowest BCUT2D eigenvalue weighted by Crippen LogP contribution is -2.29. The van der Waals surface area contributed by atoms with Crippen LogP contribution < -0.4 is 14.4 Å². The fraction of sp³-hybridized carbons (Fsp3) is 0.290. The number of amides is 1. The molecule has 0 saturated carbocycles.